The van der Waals surface area contributed by atoms with Crippen LogP contribution in [0.25, 0.3) is 0 Å². The predicted molar refractivity (Wildman–Crippen MR) is 58.7 cm³/mol. The van der Waals surface area contributed by atoms with Gasteiger partial charge in [-0.05, 0) is 23.3 Å². The third-order valence-electron chi connectivity index (χ3n) is 2.10. The van der Waals surface area contributed by atoms with Gasteiger partial charge in [-0.15, -0.1) is 11.6 Å². The van der Waals surface area contributed by atoms with Crippen molar-refractivity contribution in [3.63, 3.8) is 0 Å². The number of hydrogen-bond acceptors (Lipinski definition) is 3. The molecule has 0 aromatic heterocycles. The Morgan fingerprint density at radius 3 is 2.56 bits per heavy atom. The van der Waals surface area contributed by atoms with Crippen LogP contribution in [0.15, 0.2) is 12.1 Å². The first-order valence-corrected chi connectivity index (χ1v) is 5.29. The average Bonchev–Trinajstić information content (AvgIpc) is 2.26. The van der Waals surface area contributed by atoms with E-state index >= 15 is 0 Å². The average molecular weight is 276 g/mol. The Bertz CT molecular complexity index is 500. The lowest BCUT2D eigenvalue weighted by molar-refractivity contribution is -0.136. The van der Waals surface area contributed by atoms with E-state index in [1.165, 1.54) is 6.07 Å². The molecule has 1 aromatic carbocycles. The van der Waals surface area contributed by atoms with Gasteiger partial charge in [0.05, 0.1) is 18.1 Å². The minimum atomic E-state index is -3.03. The number of carbonyl (C=O) groups is 1. The molecule has 0 aliphatic carbocycles. The molecule has 18 heavy (non-hydrogen) atoms. The molecule has 1 rings (SSSR count). The fraction of sp³-hybridized carbons (Fsp3) is 0.273. The summed E-state index contributed by atoms with van der Waals surface area (Å²) < 4.78 is 28.4. The van der Waals surface area contributed by atoms with Crippen LogP contribution in [0.3, 0.4) is 0 Å². The van der Waals surface area contributed by atoms with E-state index in [0.29, 0.717) is 0 Å². The minimum Gasteiger partial charge on any atom is -0.481 e. The molecule has 7 heteroatoms. The van der Waals surface area contributed by atoms with Gasteiger partial charge in [-0.25, -0.2) is 0 Å². The van der Waals surface area contributed by atoms with E-state index in [-0.39, 0.29) is 28.3 Å². The molecule has 0 heterocycles. The molecule has 0 fully saturated rings. The number of rotatable bonds is 5. The molecule has 1 N–H and O–H groups in total. The van der Waals surface area contributed by atoms with Gasteiger partial charge in [0.25, 0.3) is 0 Å². The number of alkyl halides is 3. The van der Waals surface area contributed by atoms with Crippen molar-refractivity contribution in [3.05, 3.63) is 28.8 Å². The van der Waals surface area contributed by atoms with Gasteiger partial charge in [0.15, 0.2) is 0 Å². The highest BCUT2D eigenvalue weighted by Gasteiger charge is 2.15. The fourth-order valence-corrected chi connectivity index (χ4v) is 1.67. The third-order valence-corrected chi connectivity index (χ3v) is 2.39. The SMILES string of the molecule is N#Cc1c(CCl)cc(OC(F)F)cc1CC(=O)O. The van der Waals surface area contributed by atoms with Crippen molar-refractivity contribution in [2.45, 2.75) is 18.9 Å². The second kappa shape index (κ2) is 6.17. The number of carboxylic acid groups (broad SMARTS) is 1. The number of aliphatic carboxylic acids is 1. The van der Waals surface area contributed by atoms with Crippen LogP contribution < -0.4 is 4.74 Å². The van der Waals surface area contributed by atoms with Crippen molar-refractivity contribution in [3.8, 4) is 11.8 Å². The summed E-state index contributed by atoms with van der Waals surface area (Å²) in [6.07, 6.45) is -0.465. The normalized spacial score (nSPS) is 10.2. The van der Waals surface area contributed by atoms with Gasteiger partial charge in [-0.2, -0.15) is 14.0 Å². The Morgan fingerprint density at radius 1 is 1.50 bits per heavy atom. The first-order valence-electron chi connectivity index (χ1n) is 4.76. The number of carboxylic acids is 1. The highest BCUT2D eigenvalue weighted by molar-refractivity contribution is 6.17. The van der Waals surface area contributed by atoms with Gasteiger partial charge < -0.3 is 9.84 Å². The van der Waals surface area contributed by atoms with E-state index in [1.807, 2.05) is 6.07 Å². The largest absolute Gasteiger partial charge is 0.481 e. The van der Waals surface area contributed by atoms with Gasteiger partial charge in [-0.1, -0.05) is 0 Å². The number of hydrogen-bond donors (Lipinski definition) is 1. The standard InChI is InChI=1S/C11H8ClF2NO3/c12-4-7-2-8(18-11(13)14)1-6(3-10(16)17)9(7)5-15/h1-2,11H,3-4H2,(H,16,17). The van der Waals surface area contributed by atoms with Crippen molar-refractivity contribution in [2.75, 3.05) is 0 Å². The lowest BCUT2D eigenvalue weighted by Gasteiger charge is -2.11. The molecule has 0 amide bonds. The smallest absolute Gasteiger partial charge is 0.387 e. The highest BCUT2D eigenvalue weighted by atomic mass is 35.5. The summed E-state index contributed by atoms with van der Waals surface area (Å²) in [6, 6.07) is 4.11. The molecule has 4 nitrogen and oxygen atoms in total. The van der Waals surface area contributed by atoms with Crippen LogP contribution in [0.1, 0.15) is 16.7 Å². The Kier molecular flexibility index (Phi) is 4.86. The van der Waals surface area contributed by atoms with E-state index in [9.17, 15) is 13.6 Å². The fourth-order valence-electron chi connectivity index (χ4n) is 1.46. The second-order valence-corrected chi connectivity index (χ2v) is 3.58. The number of ether oxygens (including phenoxy) is 1. The molecule has 0 aliphatic heterocycles. The lowest BCUT2D eigenvalue weighted by atomic mass is 10.00. The molecule has 0 saturated carbocycles. The number of halogens is 3. The summed E-state index contributed by atoms with van der Waals surface area (Å²) in [5.41, 5.74) is 0.432. The zero-order valence-electron chi connectivity index (χ0n) is 8.99. The van der Waals surface area contributed by atoms with E-state index < -0.39 is 19.0 Å². The summed E-state index contributed by atoms with van der Waals surface area (Å²) in [5.74, 6) is -1.49. The molecular formula is C11H8ClF2NO3. The monoisotopic (exact) mass is 275 g/mol. The summed E-state index contributed by atoms with van der Waals surface area (Å²) in [6.45, 7) is -3.03. The van der Waals surface area contributed by atoms with Crippen LogP contribution in [0, 0.1) is 11.3 Å². The zero-order valence-corrected chi connectivity index (χ0v) is 9.75. The number of benzene rings is 1. The summed E-state index contributed by atoms with van der Waals surface area (Å²) in [5, 5.41) is 17.6. The first kappa shape index (κ1) is 14.2. The first-order chi connectivity index (χ1) is 8.47. The molecule has 96 valence electrons. The van der Waals surface area contributed by atoms with Gasteiger partial charge in [0, 0.05) is 5.88 Å². The van der Waals surface area contributed by atoms with Crippen LogP contribution in [-0.4, -0.2) is 17.7 Å². The molecule has 0 spiro atoms. The van der Waals surface area contributed by atoms with Gasteiger partial charge in [0.1, 0.15) is 5.75 Å². The Balaban J connectivity index is 3.27. The van der Waals surface area contributed by atoms with E-state index in [0.717, 1.165) is 6.07 Å². The molecule has 0 saturated heterocycles. The van der Waals surface area contributed by atoms with Crippen molar-refractivity contribution < 1.29 is 23.4 Å². The van der Waals surface area contributed by atoms with Gasteiger partial charge in [0.2, 0.25) is 0 Å². The van der Waals surface area contributed by atoms with Crippen molar-refractivity contribution in [2.24, 2.45) is 0 Å². The van der Waals surface area contributed by atoms with Crippen LogP contribution in [0.4, 0.5) is 8.78 Å². The zero-order chi connectivity index (χ0) is 13.7. The molecular weight excluding hydrogens is 268 g/mol. The quantitative estimate of drug-likeness (QED) is 0.838. The molecule has 0 aliphatic rings. The van der Waals surface area contributed by atoms with Crippen molar-refractivity contribution in [1.29, 1.82) is 5.26 Å². The van der Waals surface area contributed by atoms with Crippen LogP contribution in [-0.2, 0) is 17.1 Å². The molecule has 0 bridgehead atoms. The third kappa shape index (κ3) is 3.57. The Labute approximate surface area is 106 Å². The van der Waals surface area contributed by atoms with E-state index in [1.54, 1.807) is 0 Å². The molecule has 1 aromatic rings. The summed E-state index contributed by atoms with van der Waals surface area (Å²) >= 11 is 5.59. The second-order valence-electron chi connectivity index (χ2n) is 3.31. The van der Waals surface area contributed by atoms with Crippen molar-refractivity contribution >= 4 is 17.6 Å². The van der Waals surface area contributed by atoms with E-state index in [4.69, 9.17) is 22.0 Å². The number of nitriles is 1. The van der Waals surface area contributed by atoms with Gasteiger partial charge >= 0.3 is 12.6 Å². The van der Waals surface area contributed by atoms with Gasteiger partial charge in [-0.3, -0.25) is 4.79 Å². The lowest BCUT2D eigenvalue weighted by Crippen LogP contribution is -2.07. The molecule has 0 unspecified atom stereocenters. The maximum absolute atomic E-state index is 12.1. The maximum atomic E-state index is 12.1. The maximum Gasteiger partial charge on any atom is 0.387 e. The Hall–Kier alpha value is -1.87. The summed E-state index contributed by atoms with van der Waals surface area (Å²) in [4.78, 5) is 10.6. The minimum absolute atomic E-state index is 0.0778. The van der Waals surface area contributed by atoms with Crippen molar-refractivity contribution in [1.82, 2.24) is 0 Å². The molecule has 0 radical (unpaired) electrons. The summed E-state index contributed by atoms with van der Waals surface area (Å²) in [7, 11) is 0. The van der Waals surface area contributed by atoms with Crippen LogP contribution in [0.2, 0.25) is 0 Å². The van der Waals surface area contributed by atoms with E-state index in [2.05, 4.69) is 4.74 Å². The highest BCUT2D eigenvalue weighted by Crippen LogP contribution is 2.25. The molecule has 0 atom stereocenters. The number of nitrogens with zero attached hydrogens (tertiary/aromatic N) is 1. The Morgan fingerprint density at radius 2 is 2.11 bits per heavy atom. The van der Waals surface area contributed by atoms with Crippen LogP contribution >= 0.6 is 11.6 Å². The topological polar surface area (TPSA) is 70.3 Å². The van der Waals surface area contributed by atoms with Crippen LogP contribution in [0.5, 0.6) is 5.75 Å². The predicted octanol–water partition coefficient (Wildman–Crippen LogP) is 2.53.